The van der Waals surface area contributed by atoms with E-state index in [9.17, 15) is 9.59 Å². The number of benzene rings is 2. The van der Waals surface area contributed by atoms with Gasteiger partial charge in [0.1, 0.15) is 0 Å². The first kappa shape index (κ1) is 22.5. The molecule has 0 bridgehead atoms. The smallest absolute Gasteiger partial charge is 0.323 e. The minimum atomic E-state index is -0.485. The summed E-state index contributed by atoms with van der Waals surface area (Å²) >= 11 is 0. The van der Waals surface area contributed by atoms with E-state index >= 15 is 0 Å². The Morgan fingerprint density at radius 1 is 1.04 bits per heavy atom. The van der Waals surface area contributed by atoms with Gasteiger partial charge in [-0.1, -0.05) is 37.6 Å². The van der Waals surface area contributed by atoms with Gasteiger partial charge in [0.25, 0.3) is 0 Å². The van der Waals surface area contributed by atoms with Crippen LogP contribution in [0.2, 0.25) is 0 Å². The summed E-state index contributed by atoms with van der Waals surface area (Å²) in [7, 11) is 0. The number of amides is 3. The van der Waals surface area contributed by atoms with Crippen LogP contribution in [0.5, 0.6) is 0 Å². The van der Waals surface area contributed by atoms with E-state index in [0.29, 0.717) is 18.7 Å². The van der Waals surface area contributed by atoms with Crippen LogP contribution in [0.4, 0.5) is 16.2 Å². The number of carbonyl (C=O) groups excluding carboxylic acids is 2. The third kappa shape index (κ3) is 7.68. The lowest BCUT2D eigenvalue weighted by atomic mass is 10.1. The molecule has 0 fully saturated rings. The van der Waals surface area contributed by atoms with Crippen LogP contribution in [0.25, 0.3) is 0 Å². The number of halogens is 1. The summed E-state index contributed by atoms with van der Waals surface area (Å²) in [4.78, 5) is 24.0. The number of carbonyl (C=O) groups is 2. The molecule has 146 valence electrons. The molecule has 0 aliphatic carbocycles. The minimum absolute atomic E-state index is 0. The minimum Gasteiger partial charge on any atom is -0.351 e. The van der Waals surface area contributed by atoms with Gasteiger partial charge in [0, 0.05) is 17.9 Å². The zero-order chi connectivity index (χ0) is 18.9. The van der Waals surface area contributed by atoms with Crippen LogP contribution in [0.15, 0.2) is 48.5 Å². The van der Waals surface area contributed by atoms with E-state index in [1.165, 1.54) is 0 Å². The van der Waals surface area contributed by atoms with Crippen LogP contribution in [-0.4, -0.2) is 18.0 Å². The Hall–Kier alpha value is -2.57. The maximum Gasteiger partial charge on any atom is 0.323 e. The SMILES string of the molecule is CCCC(N)C(=O)NCc1cccc(NC(=O)Nc2cccc(C)c2)c1.Cl. The fraction of sp³-hybridized carbons (Fsp3) is 0.300. The average molecular weight is 391 g/mol. The predicted molar refractivity (Wildman–Crippen MR) is 112 cm³/mol. The van der Waals surface area contributed by atoms with Gasteiger partial charge in [0.15, 0.2) is 0 Å². The standard InChI is InChI=1S/C20H26N4O2.ClH/c1-3-6-18(21)19(25)22-13-15-8-5-10-17(12-15)24-20(26)23-16-9-4-7-14(2)11-16;/h4-5,7-12,18H,3,6,13,21H2,1-2H3,(H,22,25)(H2,23,24,26);1H. The number of anilines is 2. The molecule has 2 rings (SSSR count). The zero-order valence-corrected chi connectivity index (χ0v) is 16.4. The van der Waals surface area contributed by atoms with Gasteiger partial charge in [0.2, 0.25) is 5.91 Å². The van der Waals surface area contributed by atoms with Gasteiger partial charge in [-0.05, 0) is 48.7 Å². The molecular formula is C20H27ClN4O2. The molecule has 1 atom stereocenters. The molecule has 0 radical (unpaired) electrons. The van der Waals surface area contributed by atoms with Gasteiger partial charge < -0.3 is 21.7 Å². The molecule has 0 saturated heterocycles. The molecule has 1 unspecified atom stereocenters. The van der Waals surface area contributed by atoms with E-state index in [2.05, 4.69) is 16.0 Å². The first-order valence-corrected chi connectivity index (χ1v) is 8.75. The highest BCUT2D eigenvalue weighted by molar-refractivity contribution is 5.99. The van der Waals surface area contributed by atoms with Gasteiger partial charge in [-0.25, -0.2) is 4.79 Å². The largest absolute Gasteiger partial charge is 0.351 e. The third-order valence-electron chi connectivity index (χ3n) is 3.86. The number of hydrogen-bond acceptors (Lipinski definition) is 3. The predicted octanol–water partition coefficient (Wildman–Crippen LogP) is 3.80. The highest BCUT2D eigenvalue weighted by atomic mass is 35.5. The Kier molecular flexibility index (Phi) is 9.33. The quantitative estimate of drug-likeness (QED) is 0.578. The van der Waals surface area contributed by atoms with Crippen molar-refractivity contribution in [2.75, 3.05) is 10.6 Å². The van der Waals surface area contributed by atoms with Crippen molar-refractivity contribution >= 4 is 35.7 Å². The summed E-state index contributed by atoms with van der Waals surface area (Å²) in [5.74, 6) is -0.164. The fourth-order valence-corrected chi connectivity index (χ4v) is 2.54. The van der Waals surface area contributed by atoms with Gasteiger partial charge >= 0.3 is 6.03 Å². The summed E-state index contributed by atoms with van der Waals surface area (Å²) < 4.78 is 0. The van der Waals surface area contributed by atoms with Gasteiger partial charge in [-0.15, -0.1) is 12.4 Å². The lowest BCUT2D eigenvalue weighted by molar-refractivity contribution is -0.122. The van der Waals surface area contributed by atoms with Crippen molar-refractivity contribution in [3.8, 4) is 0 Å². The van der Waals surface area contributed by atoms with E-state index in [-0.39, 0.29) is 24.3 Å². The topological polar surface area (TPSA) is 96.2 Å². The van der Waals surface area contributed by atoms with Crippen molar-refractivity contribution in [2.24, 2.45) is 5.73 Å². The van der Waals surface area contributed by atoms with Crippen LogP contribution in [0, 0.1) is 6.92 Å². The van der Waals surface area contributed by atoms with Gasteiger partial charge in [-0.2, -0.15) is 0 Å². The lowest BCUT2D eigenvalue weighted by Gasteiger charge is -2.12. The summed E-state index contributed by atoms with van der Waals surface area (Å²) in [5.41, 5.74) is 9.13. The Labute approximate surface area is 166 Å². The summed E-state index contributed by atoms with van der Waals surface area (Å²) in [6, 6.07) is 14.1. The maximum atomic E-state index is 12.1. The number of urea groups is 1. The molecule has 0 spiro atoms. The van der Waals surface area contributed by atoms with Crippen molar-refractivity contribution < 1.29 is 9.59 Å². The van der Waals surface area contributed by atoms with E-state index in [4.69, 9.17) is 5.73 Å². The Bertz CT molecular complexity index is 767. The Balaban J connectivity index is 0.00000364. The maximum absolute atomic E-state index is 12.1. The van der Waals surface area contributed by atoms with E-state index in [0.717, 1.165) is 23.2 Å². The number of rotatable bonds is 7. The average Bonchev–Trinajstić information content (AvgIpc) is 2.60. The van der Waals surface area contributed by atoms with E-state index in [1.807, 2.05) is 56.3 Å². The molecule has 0 aliphatic rings. The summed E-state index contributed by atoms with van der Waals surface area (Å²) in [6.07, 6.45) is 1.52. The Morgan fingerprint density at radius 3 is 2.30 bits per heavy atom. The first-order chi connectivity index (χ1) is 12.5. The molecule has 0 aromatic heterocycles. The van der Waals surface area contributed by atoms with Crippen LogP contribution >= 0.6 is 12.4 Å². The number of aryl methyl sites for hydroxylation is 1. The number of nitrogens with one attached hydrogen (secondary N) is 3. The van der Waals surface area contributed by atoms with Crippen LogP contribution < -0.4 is 21.7 Å². The number of nitrogens with two attached hydrogens (primary N) is 1. The third-order valence-corrected chi connectivity index (χ3v) is 3.86. The van der Waals surface area contributed by atoms with Crippen LogP contribution in [0.1, 0.15) is 30.9 Å². The Morgan fingerprint density at radius 2 is 1.67 bits per heavy atom. The molecule has 2 aromatic carbocycles. The first-order valence-electron chi connectivity index (χ1n) is 8.75. The molecule has 7 heteroatoms. The van der Waals surface area contributed by atoms with Crippen molar-refractivity contribution in [3.05, 3.63) is 59.7 Å². The van der Waals surface area contributed by atoms with Crippen LogP contribution in [-0.2, 0) is 11.3 Å². The molecular weight excluding hydrogens is 364 g/mol. The highest BCUT2D eigenvalue weighted by Crippen LogP contribution is 2.13. The monoisotopic (exact) mass is 390 g/mol. The second-order valence-corrected chi connectivity index (χ2v) is 6.26. The summed E-state index contributed by atoms with van der Waals surface area (Å²) in [5, 5.41) is 8.40. The second kappa shape index (κ2) is 11.2. The molecule has 5 N–H and O–H groups in total. The van der Waals surface area contributed by atoms with Gasteiger partial charge in [0.05, 0.1) is 6.04 Å². The molecule has 0 saturated carbocycles. The molecule has 0 aliphatic heterocycles. The van der Waals surface area contributed by atoms with Crippen molar-refractivity contribution in [1.82, 2.24) is 5.32 Å². The molecule has 6 nitrogen and oxygen atoms in total. The zero-order valence-electron chi connectivity index (χ0n) is 15.6. The lowest BCUT2D eigenvalue weighted by Crippen LogP contribution is -2.40. The van der Waals surface area contributed by atoms with E-state index < -0.39 is 6.04 Å². The number of hydrogen-bond donors (Lipinski definition) is 4. The highest BCUT2D eigenvalue weighted by Gasteiger charge is 2.11. The van der Waals surface area contributed by atoms with Crippen molar-refractivity contribution in [1.29, 1.82) is 0 Å². The van der Waals surface area contributed by atoms with E-state index in [1.54, 1.807) is 6.07 Å². The molecule has 27 heavy (non-hydrogen) atoms. The van der Waals surface area contributed by atoms with Crippen molar-refractivity contribution in [3.63, 3.8) is 0 Å². The molecule has 2 aromatic rings. The second-order valence-electron chi connectivity index (χ2n) is 6.26. The summed E-state index contributed by atoms with van der Waals surface area (Å²) in [6.45, 7) is 4.32. The van der Waals surface area contributed by atoms with Crippen LogP contribution in [0.3, 0.4) is 0 Å². The van der Waals surface area contributed by atoms with Gasteiger partial charge in [-0.3, -0.25) is 4.79 Å². The van der Waals surface area contributed by atoms with Crippen molar-refractivity contribution in [2.45, 2.75) is 39.3 Å². The fourth-order valence-electron chi connectivity index (χ4n) is 2.54. The normalized spacial score (nSPS) is 11.1. The molecule has 0 heterocycles. The molecule has 3 amide bonds.